The van der Waals surface area contributed by atoms with Crippen molar-refractivity contribution in [3.63, 3.8) is 0 Å². The van der Waals surface area contributed by atoms with Gasteiger partial charge in [-0.3, -0.25) is 9.59 Å². The van der Waals surface area contributed by atoms with E-state index in [0.717, 1.165) is 6.07 Å². The fraction of sp³-hybridized carbons (Fsp3) is 0.412. The zero-order chi connectivity index (χ0) is 17.2. The summed E-state index contributed by atoms with van der Waals surface area (Å²) >= 11 is 5.76. The predicted molar refractivity (Wildman–Crippen MR) is 84.5 cm³/mol. The van der Waals surface area contributed by atoms with Gasteiger partial charge in [0.25, 0.3) is 0 Å². The van der Waals surface area contributed by atoms with Crippen molar-refractivity contribution in [3.8, 4) is 17.6 Å². The van der Waals surface area contributed by atoms with Gasteiger partial charge in [-0.15, -0.1) is 5.92 Å². The van der Waals surface area contributed by atoms with Crippen LogP contribution < -0.4 is 4.74 Å². The maximum atomic E-state index is 13.5. The van der Waals surface area contributed by atoms with E-state index in [1.165, 1.54) is 12.1 Å². The van der Waals surface area contributed by atoms with Crippen molar-refractivity contribution in [1.82, 2.24) is 0 Å². The Morgan fingerprint density at radius 1 is 1.30 bits per heavy atom. The van der Waals surface area contributed by atoms with E-state index in [0.29, 0.717) is 6.42 Å². The molecule has 0 aliphatic carbocycles. The van der Waals surface area contributed by atoms with E-state index in [4.69, 9.17) is 21.1 Å². The van der Waals surface area contributed by atoms with Gasteiger partial charge in [-0.05, 0) is 31.9 Å². The smallest absolute Gasteiger partial charge is 0.311 e. The molecule has 124 valence electrons. The van der Waals surface area contributed by atoms with E-state index in [2.05, 4.69) is 11.8 Å². The molecule has 0 fully saturated rings. The molecule has 0 radical (unpaired) electrons. The second kappa shape index (κ2) is 9.86. The third kappa shape index (κ3) is 6.70. The molecule has 1 aromatic carbocycles. The van der Waals surface area contributed by atoms with Gasteiger partial charge in [-0.1, -0.05) is 30.5 Å². The summed E-state index contributed by atoms with van der Waals surface area (Å²) in [5.74, 6) is 3.34. The predicted octanol–water partition coefficient (Wildman–Crippen LogP) is 3.90. The van der Waals surface area contributed by atoms with Crippen molar-refractivity contribution in [2.45, 2.75) is 45.6 Å². The van der Waals surface area contributed by atoms with Gasteiger partial charge < -0.3 is 9.47 Å². The highest BCUT2D eigenvalue weighted by Gasteiger charge is 2.15. The highest BCUT2D eigenvalue weighted by atomic mass is 35.5. The number of carbonyl (C=O) groups is 2. The summed E-state index contributed by atoms with van der Waals surface area (Å²) in [7, 11) is 0. The van der Waals surface area contributed by atoms with Gasteiger partial charge in [-0.2, -0.15) is 0 Å². The number of carbonyl (C=O) groups excluding carboxylic acids is 2. The van der Waals surface area contributed by atoms with E-state index >= 15 is 0 Å². The zero-order valence-electron chi connectivity index (χ0n) is 13.0. The van der Waals surface area contributed by atoms with Gasteiger partial charge in [0.2, 0.25) is 0 Å². The van der Waals surface area contributed by atoms with E-state index < -0.39 is 23.9 Å². The molecular formula is C17H18ClFO4. The maximum Gasteiger partial charge on any atom is 0.311 e. The van der Waals surface area contributed by atoms with Crippen LogP contribution in [0.3, 0.4) is 0 Å². The van der Waals surface area contributed by atoms with E-state index in [9.17, 15) is 14.0 Å². The molecule has 0 amide bonds. The molecular weight excluding hydrogens is 323 g/mol. The molecule has 23 heavy (non-hydrogen) atoms. The first-order valence-corrected chi connectivity index (χ1v) is 7.62. The molecule has 1 unspecified atom stereocenters. The molecule has 0 spiro atoms. The Bertz CT molecular complexity index is 599. The summed E-state index contributed by atoms with van der Waals surface area (Å²) in [5, 5.41) is 0.0155. The van der Waals surface area contributed by atoms with Crippen LogP contribution >= 0.6 is 11.6 Å². The number of ether oxygens (including phenoxy) is 2. The summed E-state index contributed by atoms with van der Waals surface area (Å²) < 4.78 is 23.5. The van der Waals surface area contributed by atoms with Crippen LogP contribution in [0.25, 0.3) is 0 Å². The second-order valence-electron chi connectivity index (χ2n) is 4.66. The van der Waals surface area contributed by atoms with Gasteiger partial charge in [0.15, 0.2) is 17.7 Å². The third-order valence-corrected chi connectivity index (χ3v) is 3.14. The Hall–Kier alpha value is -2.06. The number of esters is 2. The number of para-hydroxylation sites is 1. The van der Waals surface area contributed by atoms with Crippen LogP contribution in [-0.4, -0.2) is 18.0 Å². The first-order chi connectivity index (χ1) is 11.0. The molecule has 0 bridgehead atoms. The molecule has 0 aliphatic rings. The average Bonchev–Trinajstić information content (AvgIpc) is 2.50. The molecule has 0 heterocycles. The van der Waals surface area contributed by atoms with Crippen LogP contribution in [0.4, 0.5) is 4.39 Å². The monoisotopic (exact) mass is 340 g/mol. The lowest BCUT2D eigenvalue weighted by Gasteiger charge is -2.10. The molecule has 1 aromatic rings. The molecule has 0 saturated carbocycles. The fourth-order valence-corrected chi connectivity index (χ4v) is 1.92. The van der Waals surface area contributed by atoms with Crippen LogP contribution in [0.1, 0.15) is 39.5 Å². The first-order valence-electron chi connectivity index (χ1n) is 7.24. The zero-order valence-corrected chi connectivity index (χ0v) is 13.8. The lowest BCUT2D eigenvalue weighted by atomic mass is 10.2. The largest absolute Gasteiger partial charge is 0.449 e. The van der Waals surface area contributed by atoms with E-state index in [-0.39, 0.29) is 30.0 Å². The van der Waals surface area contributed by atoms with E-state index in [1.54, 1.807) is 6.92 Å². The van der Waals surface area contributed by atoms with Crippen LogP contribution in [0, 0.1) is 17.7 Å². The van der Waals surface area contributed by atoms with Crippen LogP contribution in [-0.2, 0) is 14.3 Å². The SMILES string of the molecule is CC#CC(CC)OC(=O)CCCC(=O)Oc1c(F)cccc1Cl. The number of halogens is 2. The van der Waals surface area contributed by atoms with Crippen LogP contribution in [0.15, 0.2) is 18.2 Å². The minimum absolute atomic E-state index is 0.0155. The highest BCUT2D eigenvalue weighted by Crippen LogP contribution is 2.27. The molecule has 6 heteroatoms. The third-order valence-electron chi connectivity index (χ3n) is 2.85. The Labute approximate surface area is 139 Å². The molecule has 0 saturated heterocycles. The molecule has 1 atom stereocenters. The van der Waals surface area contributed by atoms with Gasteiger partial charge in [0.1, 0.15) is 0 Å². The minimum atomic E-state index is -0.714. The Balaban J connectivity index is 2.39. The average molecular weight is 341 g/mol. The molecule has 0 aromatic heterocycles. The number of hydrogen-bond acceptors (Lipinski definition) is 4. The van der Waals surface area contributed by atoms with Crippen LogP contribution in [0.5, 0.6) is 5.75 Å². The molecule has 1 rings (SSSR count). The van der Waals surface area contributed by atoms with Gasteiger partial charge in [0, 0.05) is 12.8 Å². The first kappa shape index (κ1) is 19.0. The van der Waals surface area contributed by atoms with Gasteiger partial charge in [0.05, 0.1) is 5.02 Å². The normalized spacial score (nSPS) is 11.1. The summed E-state index contributed by atoms with van der Waals surface area (Å²) in [6, 6.07) is 3.98. The quantitative estimate of drug-likeness (QED) is 0.429. The highest BCUT2D eigenvalue weighted by molar-refractivity contribution is 6.32. The lowest BCUT2D eigenvalue weighted by Crippen LogP contribution is -2.16. The number of hydrogen-bond donors (Lipinski definition) is 0. The van der Waals surface area contributed by atoms with Crippen molar-refractivity contribution < 1.29 is 23.5 Å². The van der Waals surface area contributed by atoms with Crippen molar-refractivity contribution in [1.29, 1.82) is 0 Å². The maximum absolute atomic E-state index is 13.5. The van der Waals surface area contributed by atoms with Crippen molar-refractivity contribution in [2.75, 3.05) is 0 Å². The molecule has 0 aliphatic heterocycles. The van der Waals surface area contributed by atoms with Crippen molar-refractivity contribution >= 4 is 23.5 Å². The second-order valence-corrected chi connectivity index (χ2v) is 5.07. The topological polar surface area (TPSA) is 52.6 Å². The summed E-state index contributed by atoms with van der Waals surface area (Å²) in [5.41, 5.74) is 0. The summed E-state index contributed by atoms with van der Waals surface area (Å²) in [6.45, 7) is 3.53. The number of benzene rings is 1. The summed E-state index contributed by atoms with van der Waals surface area (Å²) in [6.07, 6.45) is 0.412. The van der Waals surface area contributed by atoms with Crippen LogP contribution in [0.2, 0.25) is 5.02 Å². The standard InChI is InChI=1S/C17H18ClFO4/c1-3-7-12(4-2)22-15(20)10-6-11-16(21)23-17-13(18)8-5-9-14(17)19/h5,8-9,12H,4,6,10-11H2,1-2H3. The van der Waals surface area contributed by atoms with Gasteiger partial charge >= 0.3 is 11.9 Å². The van der Waals surface area contributed by atoms with Crippen molar-refractivity contribution in [3.05, 3.63) is 29.0 Å². The Kier molecular flexibility index (Phi) is 8.14. The Morgan fingerprint density at radius 2 is 2.00 bits per heavy atom. The number of rotatable bonds is 7. The fourth-order valence-electron chi connectivity index (χ4n) is 1.72. The van der Waals surface area contributed by atoms with E-state index in [1.807, 2.05) is 6.92 Å². The van der Waals surface area contributed by atoms with Gasteiger partial charge in [-0.25, -0.2) is 4.39 Å². The summed E-state index contributed by atoms with van der Waals surface area (Å²) in [4.78, 5) is 23.3. The lowest BCUT2D eigenvalue weighted by molar-refractivity contribution is -0.146. The minimum Gasteiger partial charge on any atom is -0.449 e. The van der Waals surface area contributed by atoms with Crippen molar-refractivity contribution in [2.24, 2.45) is 0 Å². The Morgan fingerprint density at radius 3 is 2.61 bits per heavy atom. The molecule has 0 N–H and O–H groups in total. The molecule has 4 nitrogen and oxygen atoms in total.